The van der Waals surface area contributed by atoms with E-state index in [2.05, 4.69) is 43.0 Å². The fourth-order valence-corrected chi connectivity index (χ4v) is 4.49. The highest BCUT2D eigenvalue weighted by Gasteiger charge is 2.32. The van der Waals surface area contributed by atoms with E-state index >= 15 is 0 Å². The van der Waals surface area contributed by atoms with Crippen LogP contribution in [0.4, 0.5) is 0 Å². The molecular formula is C25H28N8O2. The summed E-state index contributed by atoms with van der Waals surface area (Å²) in [6.45, 7) is 3.43. The molecule has 1 amide bonds. The molecular weight excluding hydrogens is 444 g/mol. The maximum Gasteiger partial charge on any atom is 0.261 e. The number of imidazole rings is 1. The number of amides is 1. The Hall–Kier alpha value is -4.05. The van der Waals surface area contributed by atoms with E-state index in [0.717, 1.165) is 37.1 Å². The Morgan fingerprint density at radius 1 is 1.23 bits per heavy atom. The van der Waals surface area contributed by atoms with Gasteiger partial charge in [0.2, 0.25) is 0 Å². The third kappa shape index (κ3) is 4.52. The molecule has 2 aromatic heterocycles. The number of nitrogens with zero attached hydrogens (tertiary/aromatic N) is 3. The van der Waals surface area contributed by atoms with Crippen LogP contribution in [0.5, 0.6) is 0 Å². The summed E-state index contributed by atoms with van der Waals surface area (Å²) in [4.78, 5) is 29.9. The van der Waals surface area contributed by atoms with Gasteiger partial charge in [-0.15, -0.1) is 0 Å². The number of hydrogen-bond acceptors (Lipinski definition) is 8. The Balaban J connectivity index is 1.56. The van der Waals surface area contributed by atoms with Crippen LogP contribution in [0.3, 0.4) is 0 Å². The van der Waals surface area contributed by atoms with E-state index in [0.29, 0.717) is 29.0 Å². The Morgan fingerprint density at radius 2 is 2.00 bits per heavy atom. The van der Waals surface area contributed by atoms with Crippen LogP contribution in [-0.4, -0.2) is 51.8 Å². The lowest BCUT2D eigenvalue weighted by molar-refractivity contribution is -0.115. The number of aromatic nitrogens is 4. The summed E-state index contributed by atoms with van der Waals surface area (Å²) in [5.41, 5.74) is 3.99. The maximum atomic E-state index is 13.3. The predicted octanol–water partition coefficient (Wildman–Crippen LogP) is 2.52. The first-order valence-electron chi connectivity index (χ1n) is 11.7. The number of carbonyl (C=O) groups excluding carboxylic acids is 1. The number of nitrogens with one attached hydrogen (secondary N) is 5. The van der Waals surface area contributed by atoms with Gasteiger partial charge in [0, 0.05) is 38.9 Å². The molecule has 0 bridgehead atoms. The number of benzene rings is 1. The van der Waals surface area contributed by atoms with E-state index in [1.54, 1.807) is 31.7 Å². The van der Waals surface area contributed by atoms with Crippen molar-refractivity contribution in [3.8, 4) is 0 Å². The van der Waals surface area contributed by atoms with E-state index in [-0.39, 0.29) is 23.2 Å². The number of rotatable bonds is 6. The van der Waals surface area contributed by atoms with Crippen molar-refractivity contribution in [2.24, 2.45) is 0 Å². The highest BCUT2D eigenvalue weighted by atomic mass is 16.5. The molecule has 0 radical (unpaired) electrons. The molecule has 1 fully saturated rings. The van der Waals surface area contributed by atoms with Gasteiger partial charge in [-0.3, -0.25) is 10.2 Å². The minimum absolute atomic E-state index is 0.139. The van der Waals surface area contributed by atoms with Crippen LogP contribution in [0, 0.1) is 5.41 Å². The minimum Gasteiger partial charge on any atom is -0.392 e. The van der Waals surface area contributed by atoms with E-state index in [4.69, 9.17) is 15.1 Å². The van der Waals surface area contributed by atoms with E-state index in [1.807, 2.05) is 13.0 Å². The summed E-state index contributed by atoms with van der Waals surface area (Å²) in [6, 6.07) is 7.59. The number of aromatic amines is 1. The molecule has 0 unspecified atom stereocenters. The first kappa shape index (κ1) is 22.7. The van der Waals surface area contributed by atoms with E-state index < -0.39 is 0 Å². The second kappa shape index (κ2) is 9.67. The highest BCUT2D eigenvalue weighted by molar-refractivity contribution is 6.33. The molecule has 2 aliphatic heterocycles. The Morgan fingerprint density at radius 3 is 2.74 bits per heavy atom. The van der Waals surface area contributed by atoms with Crippen molar-refractivity contribution in [3.05, 3.63) is 71.5 Å². The summed E-state index contributed by atoms with van der Waals surface area (Å²) in [7, 11) is 1.72. The summed E-state index contributed by atoms with van der Waals surface area (Å²) in [6.07, 6.45) is 6.89. The predicted molar refractivity (Wildman–Crippen MR) is 132 cm³/mol. The highest BCUT2D eigenvalue weighted by Crippen LogP contribution is 2.31. The van der Waals surface area contributed by atoms with Crippen molar-refractivity contribution >= 4 is 28.2 Å². The Kier molecular flexibility index (Phi) is 6.28. The van der Waals surface area contributed by atoms with Crippen LogP contribution in [-0.2, 0) is 9.53 Å². The van der Waals surface area contributed by atoms with Crippen molar-refractivity contribution in [2.75, 3.05) is 20.3 Å². The zero-order valence-corrected chi connectivity index (χ0v) is 19.7. The molecule has 0 spiro atoms. The Bertz CT molecular complexity index is 1320. The number of fused-ring (bicyclic) bond motifs is 1. The first-order valence-corrected chi connectivity index (χ1v) is 11.7. The van der Waals surface area contributed by atoms with Gasteiger partial charge < -0.3 is 25.7 Å². The van der Waals surface area contributed by atoms with Crippen molar-refractivity contribution in [2.45, 2.75) is 31.7 Å². The molecule has 1 atom stereocenters. The van der Waals surface area contributed by atoms with E-state index in [1.165, 1.54) is 5.56 Å². The molecule has 5 N–H and O–H groups in total. The lowest BCUT2D eigenvalue weighted by Gasteiger charge is -2.26. The Labute approximate surface area is 202 Å². The molecule has 180 valence electrons. The van der Waals surface area contributed by atoms with Crippen molar-refractivity contribution < 1.29 is 9.53 Å². The lowest BCUT2D eigenvalue weighted by atomic mass is 9.91. The van der Waals surface area contributed by atoms with Gasteiger partial charge in [0.15, 0.2) is 0 Å². The molecule has 35 heavy (non-hydrogen) atoms. The number of carbonyl (C=O) groups is 1. The SMILES string of the molecule is CN/C=C1/NC(=O)C(c2nc3ccc(C4CCOCC4)cc3[nH]2)=C(N[C@@H](C)c2ncccn2)C1=N. The van der Waals surface area contributed by atoms with Crippen molar-refractivity contribution in [3.63, 3.8) is 0 Å². The largest absolute Gasteiger partial charge is 0.392 e. The summed E-state index contributed by atoms with van der Waals surface area (Å²) in [5.74, 6) is 1.06. The lowest BCUT2D eigenvalue weighted by Crippen LogP contribution is -2.41. The summed E-state index contributed by atoms with van der Waals surface area (Å²) < 4.78 is 5.50. The average Bonchev–Trinajstić information content (AvgIpc) is 3.31. The fraction of sp³-hybridized carbons (Fsp3) is 0.320. The van der Waals surface area contributed by atoms with Gasteiger partial charge in [0.05, 0.1) is 28.5 Å². The molecule has 1 aromatic carbocycles. The average molecular weight is 473 g/mol. The van der Waals surface area contributed by atoms with E-state index in [9.17, 15) is 4.79 Å². The van der Waals surface area contributed by atoms with Gasteiger partial charge in [-0.25, -0.2) is 15.0 Å². The number of ether oxygens (including phenoxy) is 1. The zero-order valence-electron chi connectivity index (χ0n) is 19.7. The second-order valence-electron chi connectivity index (χ2n) is 8.65. The number of hydrogen-bond donors (Lipinski definition) is 5. The third-order valence-electron chi connectivity index (χ3n) is 6.30. The molecule has 5 rings (SSSR count). The quantitative estimate of drug-likeness (QED) is 0.371. The van der Waals surface area contributed by atoms with Crippen LogP contribution in [0.15, 0.2) is 54.3 Å². The smallest absolute Gasteiger partial charge is 0.261 e. The van der Waals surface area contributed by atoms with Crippen LogP contribution in [0.2, 0.25) is 0 Å². The van der Waals surface area contributed by atoms with Crippen molar-refractivity contribution in [1.29, 1.82) is 5.41 Å². The number of H-pyrrole nitrogens is 1. The topological polar surface area (TPSA) is 141 Å². The summed E-state index contributed by atoms with van der Waals surface area (Å²) >= 11 is 0. The monoisotopic (exact) mass is 472 g/mol. The molecule has 4 heterocycles. The molecule has 2 aliphatic rings. The van der Waals surface area contributed by atoms with Gasteiger partial charge in [-0.2, -0.15) is 0 Å². The van der Waals surface area contributed by atoms with Gasteiger partial charge in [0.1, 0.15) is 22.9 Å². The molecule has 10 nitrogen and oxygen atoms in total. The van der Waals surface area contributed by atoms with Crippen LogP contribution in [0.1, 0.15) is 48.9 Å². The standard InChI is InChI=1S/C25H28N8O2/c1-14(23-28-8-3-9-29-23)30-22-20(25(34)33-19(13-27-2)21(22)26)24-31-17-5-4-16(12-18(17)32-24)15-6-10-35-11-7-15/h3-5,8-9,12-15,26-27,30H,6-7,10-11H2,1-2H3,(H,31,32)(H,33,34)/b19-13+,26-21?/t14-/m0/s1. The molecule has 3 aromatic rings. The minimum atomic E-state index is -0.352. The van der Waals surface area contributed by atoms with Gasteiger partial charge in [-0.1, -0.05) is 6.07 Å². The van der Waals surface area contributed by atoms with Crippen LogP contribution >= 0.6 is 0 Å². The van der Waals surface area contributed by atoms with Crippen molar-refractivity contribution in [1.82, 2.24) is 35.9 Å². The molecule has 10 heteroatoms. The molecule has 0 aliphatic carbocycles. The zero-order chi connectivity index (χ0) is 24.4. The van der Waals surface area contributed by atoms with Crippen LogP contribution in [0.25, 0.3) is 16.6 Å². The molecule has 0 saturated carbocycles. The van der Waals surface area contributed by atoms with Gasteiger partial charge in [0.25, 0.3) is 5.91 Å². The van der Waals surface area contributed by atoms with Crippen LogP contribution < -0.4 is 16.0 Å². The maximum absolute atomic E-state index is 13.3. The third-order valence-corrected chi connectivity index (χ3v) is 6.30. The second-order valence-corrected chi connectivity index (χ2v) is 8.65. The normalized spacial score (nSPS) is 19.2. The first-order chi connectivity index (χ1) is 17.0. The molecule has 1 saturated heterocycles. The van der Waals surface area contributed by atoms with Gasteiger partial charge >= 0.3 is 0 Å². The summed E-state index contributed by atoms with van der Waals surface area (Å²) in [5, 5.41) is 17.8. The van der Waals surface area contributed by atoms with Gasteiger partial charge in [-0.05, 0) is 49.4 Å². The fourth-order valence-electron chi connectivity index (χ4n) is 4.49.